The van der Waals surface area contributed by atoms with Crippen LogP contribution in [0.25, 0.3) is 5.95 Å². The highest BCUT2D eigenvalue weighted by Crippen LogP contribution is 2.11. The molecule has 1 unspecified atom stereocenters. The number of hydrogen-bond donors (Lipinski definition) is 3. The largest absolute Gasteiger partial charge is 0.394 e. The van der Waals surface area contributed by atoms with Crippen molar-refractivity contribution in [3.63, 3.8) is 0 Å². The SMILES string of the molecule is CCCNc1nc(NC(CC)CO)nc(-n2ccnc2)n1. The van der Waals surface area contributed by atoms with E-state index in [1.54, 1.807) is 23.3 Å². The zero-order valence-corrected chi connectivity index (χ0v) is 12.3. The first-order chi connectivity index (χ1) is 10.3. The van der Waals surface area contributed by atoms with E-state index in [0.29, 0.717) is 17.8 Å². The van der Waals surface area contributed by atoms with Gasteiger partial charge in [-0.25, -0.2) is 4.98 Å². The maximum Gasteiger partial charge on any atom is 0.241 e. The molecular weight excluding hydrogens is 270 g/mol. The summed E-state index contributed by atoms with van der Waals surface area (Å²) in [6.07, 6.45) is 6.82. The molecule has 2 rings (SSSR count). The van der Waals surface area contributed by atoms with E-state index in [9.17, 15) is 5.11 Å². The molecule has 0 aromatic carbocycles. The molecule has 0 saturated heterocycles. The van der Waals surface area contributed by atoms with Crippen molar-refractivity contribution in [2.75, 3.05) is 23.8 Å². The van der Waals surface area contributed by atoms with Crippen molar-refractivity contribution in [3.05, 3.63) is 18.7 Å². The molecule has 0 aliphatic heterocycles. The molecule has 8 nitrogen and oxygen atoms in total. The van der Waals surface area contributed by atoms with Gasteiger partial charge in [0.15, 0.2) is 0 Å². The molecule has 0 fully saturated rings. The first kappa shape index (κ1) is 15.2. The van der Waals surface area contributed by atoms with Crippen molar-refractivity contribution in [2.45, 2.75) is 32.7 Å². The Morgan fingerprint density at radius 3 is 2.67 bits per heavy atom. The lowest BCUT2D eigenvalue weighted by atomic mass is 10.2. The molecular formula is C13H21N7O. The Labute approximate surface area is 123 Å². The van der Waals surface area contributed by atoms with Gasteiger partial charge in [0.1, 0.15) is 6.33 Å². The van der Waals surface area contributed by atoms with Gasteiger partial charge < -0.3 is 15.7 Å². The normalized spacial score (nSPS) is 12.1. The molecule has 0 bridgehead atoms. The number of aliphatic hydroxyl groups excluding tert-OH is 1. The smallest absolute Gasteiger partial charge is 0.241 e. The Balaban J connectivity index is 2.28. The number of nitrogens with one attached hydrogen (secondary N) is 2. The molecule has 21 heavy (non-hydrogen) atoms. The van der Waals surface area contributed by atoms with Gasteiger partial charge in [0, 0.05) is 18.9 Å². The molecule has 0 aliphatic rings. The van der Waals surface area contributed by atoms with Crippen molar-refractivity contribution < 1.29 is 5.11 Å². The average molecular weight is 291 g/mol. The van der Waals surface area contributed by atoms with E-state index in [4.69, 9.17) is 0 Å². The highest BCUT2D eigenvalue weighted by atomic mass is 16.3. The lowest BCUT2D eigenvalue weighted by molar-refractivity contribution is 0.271. The van der Waals surface area contributed by atoms with Crippen LogP contribution in [0.4, 0.5) is 11.9 Å². The second-order valence-corrected chi connectivity index (χ2v) is 4.61. The minimum atomic E-state index is -0.0814. The second kappa shape index (κ2) is 7.53. The number of anilines is 2. The molecule has 8 heteroatoms. The average Bonchev–Trinajstić information content (AvgIpc) is 3.05. The van der Waals surface area contributed by atoms with Crippen molar-refractivity contribution in [2.24, 2.45) is 0 Å². The number of hydrogen-bond acceptors (Lipinski definition) is 7. The molecule has 2 aromatic rings. The van der Waals surface area contributed by atoms with Gasteiger partial charge in [-0.05, 0) is 12.8 Å². The summed E-state index contributed by atoms with van der Waals surface area (Å²) < 4.78 is 1.71. The number of aromatic nitrogens is 5. The first-order valence-electron chi connectivity index (χ1n) is 7.12. The fourth-order valence-corrected chi connectivity index (χ4v) is 1.70. The van der Waals surface area contributed by atoms with Crippen LogP contribution in [0.1, 0.15) is 26.7 Å². The highest BCUT2D eigenvalue weighted by molar-refractivity contribution is 5.38. The zero-order valence-electron chi connectivity index (χ0n) is 12.3. The maximum absolute atomic E-state index is 9.29. The first-order valence-corrected chi connectivity index (χ1v) is 7.12. The van der Waals surface area contributed by atoms with E-state index in [1.165, 1.54) is 0 Å². The Kier molecular flexibility index (Phi) is 5.44. The van der Waals surface area contributed by atoms with E-state index in [2.05, 4.69) is 37.5 Å². The van der Waals surface area contributed by atoms with Crippen LogP contribution in [0, 0.1) is 0 Å². The van der Waals surface area contributed by atoms with Crippen LogP contribution >= 0.6 is 0 Å². The third-order valence-electron chi connectivity index (χ3n) is 2.94. The lowest BCUT2D eigenvalue weighted by Gasteiger charge is -2.15. The monoisotopic (exact) mass is 291 g/mol. The predicted molar refractivity (Wildman–Crippen MR) is 80.5 cm³/mol. The van der Waals surface area contributed by atoms with Crippen molar-refractivity contribution in [1.29, 1.82) is 0 Å². The van der Waals surface area contributed by atoms with E-state index >= 15 is 0 Å². The van der Waals surface area contributed by atoms with E-state index in [-0.39, 0.29) is 12.6 Å². The summed E-state index contributed by atoms with van der Waals surface area (Å²) in [5.74, 6) is 1.43. The summed E-state index contributed by atoms with van der Waals surface area (Å²) in [5.41, 5.74) is 0. The highest BCUT2D eigenvalue weighted by Gasteiger charge is 2.11. The van der Waals surface area contributed by atoms with Crippen molar-refractivity contribution >= 4 is 11.9 Å². The van der Waals surface area contributed by atoms with Crippen LogP contribution in [0.15, 0.2) is 18.7 Å². The summed E-state index contributed by atoms with van der Waals surface area (Å²) in [4.78, 5) is 17.0. The molecule has 114 valence electrons. The lowest BCUT2D eigenvalue weighted by Crippen LogP contribution is -2.25. The van der Waals surface area contributed by atoms with Crippen LogP contribution in [0.5, 0.6) is 0 Å². The van der Waals surface area contributed by atoms with Gasteiger partial charge in [-0.1, -0.05) is 13.8 Å². The summed E-state index contributed by atoms with van der Waals surface area (Å²) in [6.45, 7) is 4.87. The Morgan fingerprint density at radius 1 is 1.24 bits per heavy atom. The number of aliphatic hydroxyl groups is 1. The van der Waals surface area contributed by atoms with Crippen molar-refractivity contribution in [1.82, 2.24) is 24.5 Å². The molecule has 2 aromatic heterocycles. The van der Waals surface area contributed by atoms with Crippen LogP contribution in [0.3, 0.4) is 0 Å². The second-order valence-electron chi connectivity index (χ2n) is 4.61. The topological polar surface area (TPSA) is 101 Å². The standard InChI is InChI=1S/C13H21N7O/c1-3-5-15-11-17-12(16-10(4-2)8-21)19-13(18-11)20-7-6-14-9-20/h6-7,9-10,21H,3-5,8H2,1-2H3,(H2,15,16,17,18,19). The maximum atomic E-state index is 9.29. The van der Waals surface area contributed by atoms with E-state index < -0.39 is 0 Å². The van der Waals surface area contributed by atoms with Crippen LogP contribution in [0.2, 0.25) is 0 Å². The van der Waals surface area contributed by atoms with Gasteiger partial charge in [-0.2, -0.15) is 15.0 Å². The van der Waals surface area contributed by atoms with Gasteiger partial charge in [0.2, 0.25) is 17.8 Å². The molecule has 2 heterocycles. The quantitative estimate of drug-likeness (QED) is 0.668. The van der Waals surface area contributed by atoms with E-state index in [0.717, 1.165) is 19.4 Å². The molecule has 0 saturated carbocycles. The Morgan fingerprint density at radius 2 is 2.05 bits per heavy atom. The summed E-state index contributed by atoms with van der Waals surface area (Å²) >= 11 is 0. The summed E-state index contributed by atoms with van der Waals surface area (Å²) in [5, 5.41) is 15.5. The summed E-state index contributed by atoms with van der Waals surface area (Å²) in [6, 6.07) is -0.0814. The molecule has 3 N–H and O–H groups in total. The third-order valence-corrected chi connectivity index (χ3v) is 2.94. The van der Waals surface area contributed by atoms with Gasteiger partial charge in [-0.15, -0.1) is 0 Å². The van der Waals surface area contributed by atoms with Gasteiger partial charge in [-0.3, -0.25) is 4.57 Å². The third kappa shape index (κ3) is 4.12. The fraction of sp³-hybridized carbons (Fsp3) is 0.538. The predicted octanol–water partition coefficient (Wildman–Crippen LogP) is 1.06. The number of nitrogens with zero attached hydrogens (tertiary/aromatic N) is 5. The van der Waals surface area contributed by atoms with Gasteiger partial charge in [0.05, 0.1) is 12.6 Å². The molecule has 0 amide bonds. The Hall–Kier alpha value is -2.22. The van der Waals surface area contributed by atoms with Crippen LogP contribution in [-0.2, 0) is 0 Å². The van der Waals surface area contributed by atoms with Gasteiger partial charge in [0.25, 0.3) is 0 Å². The molecule has 0 aliphatic carbocycles. The number of rotatable bonds is 8. The summed E-state index contributed by atoms with van der Waals surface area (Å²) in [7, 11) is 0. The van der Waals surface area contributed by atoms with Crippen LogP contribution in [-0.4, -0.2) is 48.8 Å². The molecule has 1 atom stereocenters. The molecule has 0 radical (unpaired) electrons. The van der Waals surface area contributed by atoms with Crippen molar-refractivity contribution in [3.8, 4) is 5.95 Å². The zero-order chi connectivity index (χ0) is 15.1. The minimum absolute atomic E-state index is 0.0281. The van der Waals surface area contributed by atoms with Gasteiger partial charge >= 0.3 is 0 Å². The number of imidazole rings is 1. The van der Waals surface area contributed by atoms with Crippen LogP contribution < -0.4 is 10.6 Å². The Bertz CT molecular complexity index is 539. The fourth-order valence-electron chi connectivity index (χ4n) is 1.70. The molecule has 0 spiro atoms. The minimum Gasteiger partial charge on any atom is -0.394 e. The van der Waals surface area contributed by atoms with E-state index in [1.807, 2.05) is 6.92 Å².